The molecule has 4 aromatic rings. The summed E-state index contributed by atoms with van der Waals surface area (Å²) in [5.74, 6) is -1.07. The first-order chi connectivity index (χ1) is 14.8. The average molecular weight is 500 g/mol. The van der Waals surface area contributed by atoms with Crippen LogP contribution in [0.15, 0.2) is 82.4 Å². The highest BCUT2D eigenvalue weighted by atomic mass is 79.9. The van der Waals surface area contributed by atoms with Crippen molar-refractivity contribution < 1.29 is 18.3 Å². The number of benzene rings is 2. The molecule has 2 heterocycles. The van der Waals surface area contributed by atoms with Crippen LogP contribution in [0, 0.1) is 0 Å². The van der Waals surface area contributed by atoms with Crippen LogP contribution in [0.4, 0.5) is 5.69 Å². The van der Waals surface area contributed by atoms with Crippen molar-refractivity contribution in [2.45, 2.75) is 4.90 Å². The number of nitrogens with one attached hydrogen (secondary N) is 1. The van der Waals surface area contributed by atoms with Crippen LogP contribution in [0.1, 0.15) is 10.4 Å². The summed E-state index contributed by atoms with van der Waals surface area (Å²) in [5.41, 5.74) is 1.73. The smallest absolute Gasteiger partial charge is 0.335 e. The number of carbonyl (C=O) groups is 1. The average Bonchev–Trinajstić information content (AvgIpc) is 3.24. The van der Waals surface area contributed by atoms with Gasteiger partial charge in [-0.2, -0.15) is 0 Å². The van der Waals surface area contributed by atoms with E-state index in [1.807, 2.05) is 0 Å². The minimum atomic E-state index is -3.76. The lowest BCUT2D eigenvalue weighted by Crippen LogP contribution is -2.13. The monoisotopic (exact) mass is 499 g/mol. The number of anilines is 1. The Bertz CT molecular complexity index is 1370. The SMILES string of the molecule is O=C(O)c1ccnc(-c2cn(-c3cccc(NS(=O)(=O)c4ccc(Br)cc4)c3)nn2)c1. The fourth-order valence-corrected chi connectivity index (χ4v) is 4.06. The Morgan fingerprint density at radius 3 is 2.55 bits per heavy atom. The number of halogens is 1. The number of carboxylic acids is 1. The molecule has 0 fully saturated rings. The minimum absolute atomic E-state index is 0.0869. The van der Waals surface area contributed by atoms with Gasteiger partial charge >= 0.3 is 5.97 Å². The van der Waals surface area contributed by atoms with Gasteiger partial charge < -0.3 is 5.11 Å². The zero-order valence-electron chi connectivity index (χ0n) is 15.7. The molecule has 31 heavy (non-hydrogen) atoms. The van der Waals surface area contributed by atoms with Gasteiger partial charge in [0, 0.05) is 10.7 Å². The molecule has 0 unspecified atom stereocenters. The van der Waals surface area contributed by atoms with E-state index in [0.717, 1.165) is 4.47 Å². The highest BCUT2D eigenvalue weighted by Crippen LogP contribution is 2.22. The summed E-state index contributed by atoms with van der Waals surface area (Å²) in [6.07, 6.45) is 2.96. The summed E-state index contributed by atoms with van der Waals surface area (Å²) < 4.78 is 30.0. The molecular weight excluding hydrogens is 486 g/mol. The Hall–Kier alpha value is -3.57. The van der Waals surface area contributed by atoms with E-state index < -0.39 is 16.0 Å². The van der Waals surface area contributed by atoms with Crippen LogP contribution in [-0.4, -0.2) is 39.5 Å². The van der Waals surface area contributed by atoms with Gasteiger partial charge in [-0.1, -0.05) is 27.2 Å². The second-order valence-electron chi connectivity index (χ2n) is 6.39. The normalized spacial score (nSPS) is 11.3. The van der Waals surface area contributed by atoms with Gasteiger partial charge in [-0.3, -0.25) is 9.71 Å². The van der Waals surface area contributed by atoms with Crippen molar-refractivity contribution in [3.63, 3.8) is 0 Å². The lowest BCUT2D eigenvalue weighted by molar-refractivity contribution is 0.0696. The predicted molar refractivity (Wildman–Crippen MR) is 116 cm³/mol. The fraction of sp³-hybridized carbons (Fsp3) is 0. The Balaban J connectivity index is 1.60. The fourth-order valence-electron chi connectivity index (χ4n) is 2.75. The second-order valence-corrected chi connectivity index (χ2v) is 8.99. The molecule has 0 aliphatic rings. The van der Waals surface area contributed by atoms with Crippen molar-refractivity contribution in [2.75, 3.05) is 4.72 Å². The van der Waals surface area contributed by atoms with Gasteiger partial charge in [0.15, 0.2) is 0 Å². The van der Waals surface area contributed by atoms with E-state index in [2.05, 4.69) is 35.9 Å². The lowest BCUT2D eigenvalue weighted by atomic mass is 10.2. The maximum absolute atomic E-state index is 12.6. The molecule has 9 nitrogen and oxygen atoms in total. The second kappa shape index (κ2) is 8.28. The largest absolute Gasteiger partial charge is 0.478 e. The molecule has 2 aromatic carbocycles. The molecule has 0 aliphatic heterocycles. The number of hydrogen-bond acceptors (Lipinski definition) is 6. The summed E-state index contributed by atoms with van der Waals surface area (Å²) >= 11 is 3.28. The molecule has 0 atom stereocenters. The summed E-state index contributed by atoms with van der Waals surface area (Å²) in [7, 11) is -3.76. The first-order valence-corrected chi connectivity index (χ1v) is 11.1. The standard InChI is InChI=1S/C20H14BrN5O4S/c21-14-4-6-17(7-5-14)31(29,30)24-15-2-1-3-16(11-15)26-12-19(23-25-26)18-10-13(20(27)28)8-9-22-18/h1-12,24H,(H,27,28). The van der Waals surface area contributed by atoms with Crippen molar-refractivity contribution in [2.24, 2.45) is 0 Å². The van der Waals surface area contributed by atoms with Crippen molar-refractivity contribution in [1.82, 2.24) is 20.0 Å². The molecule has 0 aliphatic carbocycles. The molecule has 4 rings (SSSR count). The predicted octanol–water partition coefficient (Wildman–Crippen LogP) is 3.59. The number of hydrogen-bond donors (Lipinski definition) is 2. The maximum atomic E-state index is 12.6. The Morgan fingerprint density at radius 1 is 1.03 bits per heavy atom. The number of rotatable bonds is 6. The Morgan fingerprint density at radius 2 is 1.81 bits per heavy atom. The van der Waals surface area contributed by atoms with Gasteiger partial charge in [0.05, 0.1) is 33.7 Å². The lowest BCUT2D eigenvalue weighted by Gasteiger charge is -2.09. The van der Waals surface area contributed by atoms with Crippen LogP contribution in [0.25, 0.3) is 17.1 Å². The van der Waals surface area contributed by atoms with Crippen LogP contribution in [-0.2, 0) is 10.0 Å². The number of sulfonamides is 1. The summed E-state index contributed by atoms with van der Waals surface area (Å²) in [4.78, 5) is 15.4. The van der Waals surface area contributed by atoms with Gasteiger partial charge in [0.2, 0.25) is 0 Å². The highest BCUT2D eigenvalue weighted by Gasteiger charge is 2.15. The number of carboxylic acid groups (broad SMARTS) is 1. The number of aromatic nitrogens is 4. The molecule has 0 spiro atoms. The van der Waals surface area contributed by atoms with Gasteiger partial charge in [-0.15, -0.1) is 5.10 Å². The van der Waals surface area contributed by atoms with Crippen LogP contribution in [0.3, 0.4) is 0 Å². The minimum Gasteiger partial charge on any atom is -0.478 e. The van der Waals surface area contributed by atoms with E-state index in [0.29, 0.717) is 22.8 Å². The highest BCUT2D eigenvalue weighted by molar-refractivity contribution is 9.10. The number of nitrogens with zero attached hydrogens (tertiary/aromatic N) is 4. The van der Waals surface area contributed by atoms with E-state index in [4.69, 9.17) is 5.11 Å². The summed E-state index contributed by atoms with van der Waals surface area (Å²) in [5, 5.41) is 17.2. The Labute approximate surface area is 185 Å². The van der Waals surface area contributed by atoms with Crippen LogP contribution in [0.2, 0.25) is 0 Å². The third-order valence-electron chi connectivity index (χ3n) is 4.25. The molecule has 0 saturated carbocycles. The van der Waals surface area contributed by atoms with Crippen molar-refractivity contribution >= 4 is 37.6 Å². The van der Waals surface area contributed by atoms with Crippen molar-refractivity contribution in [1.29, 1.82) is 0 Å². The molecule has 11 heteroatoms. The molecule has 156 valence electrons. The van der Waals surface area contributed by atoms with E-state index >= 15 is 0 Å². The van der Waals surface area contributed by atoms with E-state index in [1.165, 1.54) is 35.1 Å². The number of pyridine rings is 1. The van der Waals surface area contributed by atoms with E-state index in [-0.39, 0.29) is 10.5 Å². The molecular formula is C20H14BrN5O4S. The summed E-state index contributed by atoms with van der Waals surface area (Å²) in [6.45, 7) is 0. The van der Waals surface area contributed by atoms with Crippen molar-refractivity contribution in [3.05, 3.63) is 83.1 Å². The van der Waals surface area contributed by atoms with Gasteiger partial charge in [0.25, 0.3) is 10.0 Å². The quantitative estimate of drug-likeness (QED) is 0.414. The van der Waals surface area contributed by atoms with E-state index in [1.54, 1.807) is 42.6 Å². The summed E-state index contributed by atoms with van der Waals surface area (Å²) in [6, 6.07) is 15.7. The van der Waals surface area contributed by atoms with Gasteiger partial charge in [0.1, 0.15) is 5.69 Å². The van der Waals surface area contributed by atoms with Crippen molar-refractivity contribution in [3.8, 4) is 17.1 Å². The van der Waals surface area contributed by atoms with Crippen LogP contribution >= 0.6 is 15.9 Å². The molecule has 0 bridgehead atoms. The number of aromatic carboxylic acids is 1. The van der Waals surface area contributed by atoms with Crippen LogP contribution in [0.5, 0.6) is 0 Å². The van der Waals surface area contributed by atoms with Crippen LogP contribution < -0.4 is 4.72 Å². The first kappa shape index (κ1) is 20.7. The zero-order chi connectivity index (χ0) is 22.0. The van der Waals surface area contributed by atoms with Gasteiger partial charge in [-0.25, -0.2) is 17.9 Å². The topological polar surface area (TPSA) is 127 Å². The molecule has 2 aromatic heterocycles. The van der Waals surface area contributed by atoms with Gasteiger partial charge in [-0.05, 0) is 54.6 Å². The molecule has 2 N–H and O–H groups in total. The zero-order valence-corrected chi connectivity index (χ0v) is 18.1. The molecule has 0 radical (unpaired) electrons. The van der Waals surface area contributed by atoms with E-state index in [9.17, 15) is 13.2 Å². The first-order valence-electron chi connectivity index (χ1n) is 8.83. The third kappa shape index (κ3) is 4.62. The maximum Gasteiger partial charge on any atom is 0.335 e. The Kier molecular flexibility index (Phi) is 5.53. The third-order valence-corrected chi connectivity index (χ3v) is 6.18. The molecule has 0 amide bonds. The molecule has 0 saturated heterocycles.